The highest BCUT2D eigenvalue weighted by Crippen LogP contribution is 2.36. The summed E-state index contributed by atoms with van der Waals surface area (Å²) < 4.78 is 12.0. The third-order valence-corrected chi connectivity index (χ3v) is 6.00. The maximum atomic E-state index is 12.9. The van der Waals surface area contributed by atoms with Crippen LogP contribution in [0.1, 0.15) is 15.9 Å². The number of aromatic nitrogens is 2. The predicted octanol–water partition coefficient (Wildman–Crippen LogP) is 5.74. The van der Waals surface area contributed by atoms with Crippen molar-refractivity contribution >= 4 is 43.8 Å². The summed E-state index contributed by atoms with van der Waals surface area (Å²) in [6.45, 7) is 0.377. The Kier molecular flexibility index (Phi) is 5.33. The number of fused-ring (bicyclic) bond motifs is 2. The lowest BCUT2D eigenvalue weighted by atomic mass is 10.0. The highest BCUT2D eigenvalue weighted by Gasteiger charge is 2.18. The molecule has 0 saturated heterocycles. The number of ether oxygens (including phenoxy) is 1. The molecule has 1 amide bonds. The number of amides is 1. The van der Waals surface area contributed by atoms with Gasteiger partial charge in [-0.25, -0.2) is 4.98 Å². The van der Waals surface area contributed by atoms with Crippen LogP contribution in [0.15, 0.2) is 81.8 Å². The standard InChI is InChI=1S/C25H18BrN3O3/c1-31-22-19(13-17-5-2-3-6-18(17)21(22)26)24(30)28-14-15-8-10-16(11-9-15)25-29-23-20(32-25)7-4-12-27-23/h2-13H,14H2,1H3,(H,28,30). The fourth-order valence-electron chi connectivity index (χ4n) is 3.59. The molecular weight excluding hydrogens is 470 g/mol. The molecule has 3 aromatic carbocycles. The number of pyridine rings is 1. The molecule has 0 bridgehead atoms. The average Bonchev–Trinajstić information content (AvgIpc) is 3.27. The molecule has 0 unspecified atom stereocenters. The van der Waals surface area contributed by atoms with Crippen molar-refractivity contribution in [2.24, 2.45) is 0 Å². The normalized spacial score (nSPS) is 11.1. The van der Waals surface area contributed by atoms with Crippen molar-refractivity contribution in [1.82, 2.24) is 15.3 Å². The van der Waals surface area contributed by atoms with Crippen LogP contribution in [-0.2, 0) is 6.54 Å². The number of nitrogens with one attached hydrogen (secondary N) is 1. The molecular formula is C25H18BrN3O3. The summed E-state index contributed by atoms with van der Waals surface area (Å²) in [5.41, 5.74) is 3.51. The van der Waals surface area contributed by atoms with E-state index in [1.807, 2.05) is 66.7 Å². The van der Waals surface area contributed by atoms with Crippen LogP contribution >= 0.6 is 15.9 Å². The second-order valence-electron chi connectivity index (χ2n) is 7.22. The van der Waals surface area contributed by atoms with Crippen molar-refractivity contribution in [1.29, 1.82) is 0 Å². The minimum absolute atomic E-state index is 0.206. The monoisotopic (exact) mass is 487 g/mol. The largest absolute Gasteiger partial charge is 0.495 e. The molecule has 0 atom stereocenters. The van der Waals surface area contributed by atoms with E-state index >= 15 is 0 Å². The van der Waals surface area contributed by atoms with E-state index in [0.29, 0.717) is 35.0 Å². The van der Waals surface area contributed by atoms with E-state index in [-0.39, 0.29) is 5.91 Å². The first-order chi connectivity index (χ1) is 15.6. The van der Waals surface area contributed by atoms with Gasteiger partial charge in [0, 0.05) is 18.3 Å². The van der Waals surface area contributed by atoms with Crippen molar-refractivity contribution in [3.63, 3.8) is 0 Å². The Hall–Kier alpha value is -3.71. The molecule has 2 aromatic heterocycles. The van der Waals surface area contributed by atoms with E-state index in [2.05, 4.69) is 31.2 Å². The molecule has 5 aromatic rings. The van der Waals surface area contributed by atoms with Gasteiger partial charge in [0.05, 0.1) is 17.1 Å². The average molecular weight is 488 g/mol. The first-order valence-corrected chi connectivity index (χ1v) is 10.8. The van der Waals surface area contributed by atoms with Gasteiger partial charge in [0.25, 0.3) is 5.91 Å². The first kappa shape index (κ1) is 20.2. The maximum Gasteiger partial charge on any atom is 0.255 e. The van der Waals surface area contributed by atoms with E-state index in [1.54, 1.807) is 13.3 Å². The third-order valence-electron chi connectivity index (χ3n) is 5.21. The summed E-state index contributed by atoms with van der Waals surface area (Å²) >= 11 is 3.58. The maximum absolute atomic E-state index is 12.9. The molecule has 6 nitrogen and oxygen atoms in total. The van der Waals surface area contributed by atoms with Gasteiger partial charge in [0.1, 0.15) is 5.75 Å². The van der Waals surface area contributed by atoms with Gasteiger partial charge in [-0.2, -0.15) is 4.98 Å². The highest BCUT2D eigenvalue weighted by atomic mass is 79.9. The molecule has 0 aliphatic heterocycles. The quantitative estimate of drug-likeness (QED) is 0.341. The third kappa shape index (κ3) is 3.71. The summed E-state index contributed by atoms with van der Waals surface area (Å²) in [5.74, 6) is 0.823. The number of benzene rings is 3. The molecule has 0 saturated carbocycles. The molecule has 0 spiro atoms. The Morgan fingerprint density at radius 2 is 1.91 bits per heavy atom. The van der Waals surface area contributed by atoms with Gasteiger partial charge >= 0.3 is 0 Å². The fraction of sp³-hybridized carbons (Fsp3) is 0.0800. The van der Waals surface area contributed by atoms with Gasteiger partial charge in [0.2, 0.25) is 5.89 Å². The summed E-state index contributed by atoms with van der Waals surface area (Å²) in [4.78, 5) is 21.5. The van der Waals surface area contributed by atoms with Gasteiger partial charge in [-0.1, -0.05) is 36.4 Å². The van der Waals surface area contributed by atoms with Crippen molar-refractivity contribution in [2.75, 3.05) is 7.11 Å². The summed E-state index contributed by atoms with van der Waals surface area (Å²) in [5, 5.41) is 4.93. The van der Waals surface area contributed by atoms with Gasteiger partial charge in [-0.15, -0.1) is 0 Å². The summed E-state index contributed by atoms with van der Waals surface area (Å²) in [7, 11) is 1.56. The molecule has 158 valence electrons. The van der Waals surface area contributed by atoms with Crippen LogP contribution in [0.25, 0.3) is 33.5 Å². The van der Waals surface area contributed by atoms with Crippen LogP contribution in [0.4, 0.5) is 0 Å². The van der Waals surface area contributed by atoms with Crippen LogP contribution in [0, 0.1) is 0 Å². The van der Waals surface area contributed by atoms with E-state index in [9.17, 15) is 4.79 Å². The molecule has 0 aliphatic rings. The topological polar surface area (TPSA) is 77.2 Å². The predicted molar refractivity (Wildman–Crippen MR) is 127 cm³/mol. The molecule has 2 heterocycles. The van der Waals surface area contributed by atoms with Gasteiger partial charge in [-0.05, 0) is 62.6 Å². The molecule has 0 radical (unpaired) electrons. The lowest BCUT2D eigenvalue weighted by Crippen LogP contribution is -2.23. The lowest BCUT2D eigenvalue weighted by molar-refractivity contribution is 0.0948. The number of halogens is 1. The number of oxazole rings is 1. The van der Waals surface area contributed by atoms with Crippen molar-refractivity contribution in [3.8, 4) is 17.2 Å². The highest BCUT2D eigenvalue weighted by molar-refractivity contribution is 9.10. The molecule has 0 aliphatic carbocycles. The van der Waals surface area contributed by atoms with E-state index < -0.39 is 0 Å². The van der Waals surface area contributed by atoms with Crippen LogP contribution < -0.4 is 10.1 Å². The Morgan fingerprint density at radius 3 is 2.69 bits per heavy atom. The molecule has 1 N–H and O–H groups in total. The number of carbonyl (C=O) groups is 1. The lowest BCUT2D eigenvalue weighted by Gasteiger charge is -2.13. The van der Waals surface area contributed by atoms with Gasteiger partial charge in [-0.3, -0.25) is 4.79 Å². The molecule has 7 heteroatoms. The number of hydrogen-bond acceptors (Lipinski definition) is 5. The summed E-state index contributed by atoms with van der Waals surface area (Å²) in [6, 6.07) is 21.0. The smallest absolute Gasteiger partial charge is 0.255 e. The number of methoxy groups -OCH3 is 1. The van der Waals surface area contributed by atoms with Crippen LogP contribution in [0.3, 0.4) is 0 Å². The Morgan fingerprint density at radius 1 is 1.09 bits per heavy atom. The second kappa shape index (κ2) is 8.43. The Bertz CT molecular complexity index is 1410. The molecule has 32 heavy (non-hydrogen) atoms. The number of rotatable bonds is 5. The summed E-state index contributed by atoms with van der Waals surface area (Å²) in [6.07, 6.45) is 1.68. The number of carbonyl (C=O) groups excluding carboxylic acids is 1. The zero-order chi connectivity index (χ0) is 22.1. The minimum atomic E-state index is -0.206. The van der Waals surface area contributed by atoms with Gasteiger partial charge in [0.15, 0.2) is 11.2 Å². The SMILES string of the molecule is COc1c(C(=O)NCc2ccc(-c3nc4ncccc4o3)cc2)cc2ccccc2c1Br. The molecule has 0 fully saturated rings. The number of nitrogens with zero attached hydrogens (tertiary/aromatic N) is 2. The van der Waals surface area contributed by atoms with Gasteiger partial charge < -0.3 is 14.5 Å². The Labute approximate surface area is 192 Å². The Balaban J connectivity index is 1.34. The number of hydrogen-bond donors (Lipinski definition) is 1. The zero-order valence-electron chi connectivity index (χ0n) is 17.1. The van der Waals surface area contributed by atoms with Crippen LogP contribution in [0.2, 0.25) is 0 Å². The second-order valence-corrected chi connectivity index (χ2v) is 8.01. The van der Waals surface area contributed by atoms with Crippen molar-refractivity contribution in [3.05, 3.63) is 88.5 Å². The fourth-order valence-corrected chi connectivity index (χ4v) is 4.32. The van der Waals surface area contributed by atoms with E-state index in [0.717, 1.165) is 26.4 Å². The van der Waals surface area contributed by atoms with Crippen LogP contribution in [0.5, 0.6) is 5.75 Å². The van der Waals surface area contributed by atoms with Crippen molar-refractivity contribution < 1.29 is 13.9 Å². The van der Waals surface area contributed by atoms with E-state index in [4.69, 9.17) is 9.15 Å². The minimum Gasteiger partial charge on any atom is -0.495 e. The zero-order valence-corrected chi connectivity index (χ0v) is 18.7. The first-order valence-electron chi connectivity index (χ1n) is 9.98. The van der Waals surface area contributed by atoms with Crippen molar-refractivity contribution in [2.45, 2.75) is 6.54 Å². The van der Waals surface area contributed by atoms with E-state index in [1.165, 1.54) is 0 Å². The molecule has 5 rings (SSSR count). The van der Waals surface area contributed by atoms with Crippen LogP contribution in [-0.4, -0.2) is 23.0 Å².